The molecule has 0 radical (unpaired) electrons. The fourth-order valence-electron chi connectivity index (χ4n) is 3.36. The van der Waals surface area contributed by atoms with Crippen LogP contribution in [0.4, 0.5) is 51.6 Å². The second-order valence-electron chi connectivity index (χ2n) is 7.65. The number of aromatic nitrogens is 2. The topological polar surface area (TPSA) is 79.0 Å². The summed E-state index contributed by atoms with van der Waals surface area (Å²) in [7, 11) is 0. The standard InChI is InChI=1S/C23H15F7N4O2.FH.3H2/c1-22(26,27)14-10-32-20-18(14)17(5-6-31-20)36-19-15(24)8-13(9-16(19)25)34-21(35)33-12-4-2-3-11(7-12)23(28,29)30;;;;/h2-10H,1H3,(H,31,32)(H2,33,34,35);4*1H. The molecule has 2 heterocycles. The van der Waals surface area contributed by atoms with Crippen LogP contribution in [0.3, 0.4) is 0 Å². The molecule has 0 aliphatic rings. The van der Waals surface area contributed by atoms with Crippen LogP contribution >= 0.6 is 0 Å². The van der Waals surface area contributed by atoms with E-state index in [2.05, 4.69) is 20.6 Å². The monoisotopic (exact) mass is 538 g/mol. The highest BCUT2D eigenvalue weighted by Crippen LogP contribution is 2.40. The summed E-state index contributed by atoms with van der Waals surface area (Å²) in [4.78, 5) is 18.6. The number of pyridine rings is 1. The number of hydrogen-bond acceptors (Lipinski definition) is 3. The van der Waals surface area contributed by atoms with Crippen molar-refractivity contribution in [3.05, 3.63) is 77.6 Å². The van der Waals surface area contributed by atoms with Gasteiger partial charge in [0.1, 0.15) is 11.4 Å². The Morgan fingerprint density at radius 2 is 1.65 bits per heavy atom. The van der Waals surface area contributed by atoms with Crippen molar-refractivity contribution in [2.24, 2.45) is 0 Å². The second-order valence-corrected chi connectivity index (χ2v) is 7.65. The van der Waals surface area contributed by atoms with E-state index in [9.17, 15) is 35.5 Å². The highest BCUT2D eigenvalue weighted by Gasteiger charge is 2.31. The molecule has 0 aliphatic carbocycles. The number of anilines is 2. The molecule has 0 spiro atoms. The number of carbonyl (C=O) groups excluding carboxylic acids is 1. The summed E-state index contributed by atoms with van der Waals surface area (Å²) < 4.78 is 101. The molecule has 202 valence electrons. The van der Waals surface area contributed by atoms with Crippen molar-refractivity contribution < 1.29 is 49.2 Å². The Kier molecular flexibility index (Phi) is 7.32. The number of hydrogen-bond donors (Lipinski definition) is 3. The summed E-state index contributed by atoms with van der Waals surface area (Å²) in [6, 6.07) is 5.22. The third-order valence-electron chi connectivity index (χ3n) is 4.92. The van der Waals surface area contributed by atoms with Gasteiger partial charge in [0.15, 0.2) is 17.4 Å². The Bertz CT molecular complexity index is 1440. The lowest BCUT2D eigenvalue weighted by Gasteiger charge is -2.14. The zero-order valence-electron chi connectivity index (χ0n) is 18.5. The van der Waals surface area contributed by atoms with Gasteiger partial charge in [-0.25, -0.2) is 27.3 Å². The Morgan fingerprint density at radius 3 is 2.27 bits per heavy atom. The lowest BCUT2D eigenvalue weighted by Crippen LogP contribution is -2.20. The molecule has 37 heavy (non-hydrogen) atoms. The molecule has 14 heteroatoms. The third-order valence-corrected chi connectivity index (χ3v) is 4.92. The van der Waals surface area contributed by atoms with Gasteiger partial charge in [0.25, 0.3) is 5.92 Å². The number of fused-ring (bicyclic) bond motifs is 1. The average Bonchev–Trinajstić information content (AvgIpc) is 3.21. The van der Waals surface area contributed by atoms with Crippen LogP contribution in [0.15, 0.2) is 54.9 Å². The number of aromatic amines is 1. The Labute approximate surface area is 207 Å². The first kappa shape index (κ1) is 27.2. The number of H-pyrrole nitrogens is 1. The van der Waals surface area contributed by atoms with Crippen LogP contribution in [0.5, 0.6) is 11.5 Å². The number of amides is 2. The van der Waals surface area contributed by atoms with Crippen molar-refractivity contribution >= 4 is 28.4 Å². The highest BCUT2D eigenvalue weighted by atomic mass is 19.4. The van der Waals surface area contributed by atoms with Gasteiger partial charge in [-0.05, 0) is 24.3 Å². The van der Waals surface area contributed by atoms with Gasteiger partial charge in [0.2, 0.25) is 0 Å². The number of ether oxygens (including phenoxy) is 1. The van der Waals surface area contributed by atoms with E-state index >= 15 is 0 Å². The van der Waals surface area contributed by atoms with Gasteiger partial charge in [-0.2, -0.15) is 13.2 Å². The Balaban J connectivity index is 0.00000380. The van der Waals surface area contributed by atoms with Crippen LogP contribution in [-0.2, 0) is 12.1 Å². The van der Waals surface area contributed by atoms with Crippen molar-refractivity contribution in [1.82, 2.24) is 9.97 Å². The van der Waals surface area contributed by atoms with Crippen LogP contribution in [0.25, 0.3) is 11.0 Å². The van der Waals surface area contributed by atoms with Gasteiger partial charge in [-0.1, -0.05) is 6.07 Å². The number of nitrogens with one attached hydrogen (secondary N) is 3. The molecule has 6 nitrogen and oxygen atoms in total. The van der Waals surface area contributed by atoms with Gasteiger partial charge in [0.05, 0.1) is 16.5 Å². The fraction of sp³-hybridized carbons (Fsp3) is 0.130. The summed E-state index contributed by atoms with van der Waals surface area (Å²) in [5.74, 6) is -7.10. The minimum atomic E-state index is -4.63. The van der Waals surface area contributed by atoms with Crippen molar-refractivity contribution in [2.45, 2.75) is 19.0 Å². The van der Waals surface area contributed by atoms with Gasteiger partial charge in [-0.3, -0.25) is 4.70 Å². The molecule has 2 aromatic carbocycles. The molecule has 4 aromatic rings. The van der Waals surface area contributed by atoms with Crippen LogP contribution in [0.1, 0.15) is 22.3 Å². The molecule has 4 rings (SSSR count). The number of benzene rings is 2. The molecule has 2 aromatic heterocycles. The number of alkyl halides is 5. The van der Waals surface area contributed by atoms with Gasteiger partial charge in [0, 0.05) is 47.1 Å². The van der Waals surface area contributed by atoms with Crippen molar-refractivity contribution in [1.29, 1.82) is 0 Å². The van der Waals surface area contributed by atoms with Crippen LogP contribution in [0, 0.1) is 11.6 Å². The predicted octanol–water partition coefficient (Wildman–Crippen LogP) is 8.30. The van der Waals surface area contributed by atoms with Gasteiger partial charge in [-0.15, -0.1) is 0 Å². The zero-order valence-corrected chi connectivity index (χ0v) is 18.5. The lowest BCUT2D eigenvalue weighted by atomic mass is 10.1. The summed E-state index contributed by atoms with van der Waals surface area (Å²) in [5.41, 5.74) is -2.08. The third kappa shape index (κ3) is 5.90. The Morgan fingerprint density at radius 1 is 1.00 bits per heavy atom. The molecular formula is C23H22F8N4O2. The van der Waals surface area contributed by atoms with E-state index in [1.54, 1.807) is 0 Å². The van der Waals surface area contributed by atoms with E-state index in [4.69, 9.17) is 4.74 Å². The predicted molar refractivity (Wildman–Crippen MR) is 125 cm³/mol. The first-order valence-corrected chi connectivity index (χ1v) is 10.1. The second kappa shape index (κ2) is 9.95. The fourth-order valence-corrected chi connectivity index (χ4v) is 3.36. The van der Waals surface area contributed by atoms with Crippen molar-refractivity contribution in [3.8, 4) is 11.5 Å². The maximum atomic E-state index is 14.7. The zero-order chi connectivity index (χ0) is 26.3. The summed E-state index contributed by atoms with van der Waals surface area (Å²) in [5, 5.41) is 4.05. The van der Waals surface area contributed by atoms with E-state index in [-0.39, 0.29) is 37.1 Å². The number of urea groups is 1. The van der Waals surface area contributed by atoms with Crippen LogP contribution < -0.4 is 15.4 Å². The minimum Gasteiger partial charge on any atom is -0.450 e. The van der Waals surface area contributed by atoms with Gasteiger partial charge < -0.3 is 20.4 Å². The maximum Gasteiger partial charge on any atom is 0.416 e. The molecule has 0 aliphatic heterocycles. The largest absolute Gasteiger partial charge is 0.450 e. The van der Waals surface area contributed by atoms with Gasteiger partial charge >= 0.3 is 12.2 Å². The van der Waals surface area contributed by atoms with E-state index in [0.29, 0.717) is 25.1 Å². The molecule has 0 saturated carbocycles. The van der Waals surface area contributed by atoms with Crippen molar-refractivity contribution in [3.63, 3.8) is 0 Å². The quantitative estimate of drug-likeness (QED) is 0.224. The van der Waals surface area contributed by atoms with Crippen molar-refractivity contribution in [2.75, 3.05) is 10.6 Å². The smallest absolute Gasteiger partial charge is 0.416 e. The first-order valence-electron chi connectivity index (χ1n) is 10.1. The summed E-state index contributed by atoms with van der Waals surface area (Å²) in [6.07, 6.45) is -2.44. The minimum absolute atomic E-state index is 0. The highest BCUT2D eigenvalue weighted by molar-refractivity contribution is 5.99. The van der Waals surface area contributed by atoms with E-state index < -0.39 is 46.6 Å². The number of carbonyl (C=O) groups is 1. The Hall–Kier alpha value is -4.36. The normalized spacial score (nSPS) is 11.7. The SMILES string of the molecule is CC(F)(F)c1c[nH]c2nccc(Oc3c(F)cc(NC(=O)Nc4cccc(C(F)(F)F)c4)cc3F)c12.F.[HH].[HH].[HH]. The maximum absolute atomic E-state index is 14.7. The van der Waals surface area contributed by atoms with Crippen LogP contribution in [-0.4, -0.2) is 16.0 Å². The molecule has 0 atom stereocenters. The number of halogens is 8. The summed E-state index contributed by atoms with van der Waals surface area (Å²) in [6.45, 7) is 0.637. The van der Waals surface area contributed by atoms with E-state index in [1.807, 2.05) is 0 Å². The first-order chi connectivity index (χ1) is 16.8. The van der Waals surface area contributed by atoms with Crippen LogP contribution in [0.2, 0.25) is 0 Å². The lowest BCUT2D eigenvalue weighted by molar-refractivity contribution is -0.137. The molecular weight excluding hydrogens is 516 g/mol. The average molecular weight is 538 g/mol. The summed E-state index contributed by atoms with van der Waals surface area (Å²) >= 11 is 0. The number of rotatable bonds is 5. The number of nitrogens with zero attached hydrogens (tertiary/aromatic N) is 1. The van der Waals surface area contributed by atoms with E-state index in [0.717, 1.165) is 24.4 Å². The molecule has 0 fully saturated rings. The molecule has 3 N–H and O–H groups in total. The van der Waals surface area contributed by atoms with E-state index in [1.165, 1.54) is 12.3 Å². The molecule has 2 amide bonds. The molecule has 0 saturated heterocycles. The molecule has 0 unspecified atom stereocenters. The molecule has 0 bridgehead atoms.